The van der Waals surface area contributed by atoms with Gasteiger partial charge in [0.15, 0.2) is 0 Å². The minimum absolute atomic E-state index is 0.369. The Morgan fingerprint density at radius 3 is 2.79 bits per heavy atom. The molecule has 0 bridgehead atoms. The summed E-state index contributed by atoms with van der Waals surface area (Å²) in [5.41, 5.74) is 2.16. The smallest absolute Gasteiger partial charge is 0.119 e. The second kappa shape index (κ2) is 7.43. The maximum absolute atomic E-state index is 5.79. The van der Waals surface area contributed by atoms with Gasteiger partial charge in [-0.05, 0) is 56.6 Å². The highest BCUT2D eigenvalue weighted by Crippen LogP contribution is 2.17. The predicted molar refractivity (Wildman–Crippen MR) is 79.9 cm³/mol. The van der Waals surface area contributed by atoms with Crippen LogP contribution in [0.3, 0.4) is 0 Å². The summed E-state index contributed by atoms with van der Waals surface area (Å²) in [7, 11) is 0. The molecule has 1 aromatic carbocycles. The number of benzene rings is 1. The molecule has 0 aromatic heterocycles. The van der Waals surface area contributed by atoms with Crippen LogP contribution in [0.5, 0.6) is 5.75 Å². The van der Waals surface area contributed by atoms with E-state index in [1.54, 1.807) is 0 Å². The molecule has 1 aliphatic rings. The van der Waals surface area contributed by atoms with E-state index in [1.165, 1.54) is 25.9 Å². The predicted octanol–water partition coefficient (Wildman–Crippen LogP) is 3.06. The summed E-state index contributed by atoms with van der Waals surface area (Å²) in [6, 6.07) is 6.03. The van der Waals surface area contributed by atoms with Gasteiger partial charge in [-0.15, -0.1) is 11.6 Å². The normalized spacial score (nSPS) is 15.1. The molecule has 0 spiro atoms. The quantitative estimate of drug-likeness (QED) is 0.620. The maximum atomic E-state index is 5.79. The Morgan fingerprint density at radius 2 is 2.11 bits per heavy atom. The van der Waals surface area contributed by atoms with Crippen molar-refractivity contribution in [1.29, 1.82) is 0 Å². The van der Waals surface area contributed by atoms with E-state index in [9.17, 15) is 0 Å². The average molecular weight is 278 g/mol. The number of halogens is 1. The zero-order valence-corrected chi connectivity index (χ0v) is 12.2. The zero-order valence-electron chi connectivity index (χ0n) is 11.4. The van der Waals surface area contributed by atoms with Crippen molar-refractivity contribution < 1.29 is 4.74 Å². The second-order valence-corrected chi connectivity index (χ2v) is 5.08. The highest BCUT2D eigenvalue weighted by Gasteiger charge is 2.10. The van der Waals surface area contributed by atoms with Crippen LogP contribution in [0.2, 0.25) is 0 Å². The van der Waals surface area contributed by atoms with Crippen molar-refractivity contribution in [3.05, 3.63) is 29.3 Å². The number of rotatable bonds is 4. The molecule has 1 saturated heterocycles. The van der Waals surface area contributed by atoms with Crippen molar-refractivity contribution in [2.24, 2.45) is 0 Å². The second-order valence-electron chi connectivity index (χ2n) is 4.81. The van der Waals surface area contributed by atoms with Crippen molar-refractivity contribution in [2.75, 3.05) is 32.1 Å². The molecule has 1 aliphatic heterocycles. The fourth-order valence-corrected chi connectivity index (χ4v) is 2.36. The minimum atomic E-state index is 0.369. The first-order valence-electron chi connectivity index (χ1n) is 6.80. The van der Waals surface area contributed by atoms with Crippen molar-refractivity contribution in [1.82, 2.24) is 4.90 Å². The van der Waals surface area contributed by atoms with Crippen molar-refractivity contribution in [2.45, 2.75) is 19.8 Å². The molecule has 0 saturated carbocycles. The number of hydrogen-bond acceptors (Lipinski definition) is 2. The van der Waals surface area contributed by atoms with Crippen LogP contribution in [-0.2, 0) is 0 Å². The molecule has 102 valence electrons. The van der Waals surface area contributed by atoms with E-state index in [2.05, 4.69) is 16.7 Å². The van der Waals surface area contributed by atoms with E-state index in [0.29, 0.717) is 5.88 Å². The van der Waals surface area contributed by atoms with Crippen LogP contribution in [0.4, 0.5) is 0 Å². The molecule has 1 heterocycles. The van der Waals surface area contributed by atoms with Gasteiger partial charge in [-0.1, -0.05) is 11.8 Å². The number of likely N-dealkylation sites (tertiary alicyclic amines) is 1. The molecule has 1 fully saturated rings. The molecule has 0 unspecified atom stereocenters. The van der Waals surface area contributed by atoms with Gasteiger partial charge in [0, 0.05) is 12.1 Å². The third-order valence-corrected chi connectivity index (χ3v) is 3.50. The summed E-state index contributed by atoms with van der Waals surface area (Å²) in [5.74, 6) is 7.21. The van der Waals surface area contributed by atoms with Crippen LogP contribution in [0, 0.1) is 18.8 Å². The van der Waals surface area contributed by atoms with Gasteiger partial charge in [0.1, 0.15) is 12.4 Å². The van der Waals surface area contributed by atoms with Gasteiger partial charge in [0.25, 0.3) is 0 Å². The minimum Gasteiger partial charge on any atom is -0.492 e. The number of hydrogen-bond donors (Lipinski definition) is 0. The monoisotopic (exact) mass is 277 g/mol. The lowest BCUT2D eigenvalue weighted by molar-refractivity contribution is 0.237. The molecule has 19 heavy (non-hydrogen) atoms. The Hall–Kier alpha value is -1.17. The summed E-state index contributed by atoms with van der Waals surface area (Å²) in [5, 5.41) is 0. The molecule has 0 radical (unpaired) electrons. The molecular weight excluding hydrogens is 258 g/mol. The number of alkyl halides is 1. The Bertz CT molecular complexity index is 469. The Kier molecular flexibility index (Phi) is 5.57. The fraction of sp³-hybridized carbons (Fsp3) is 0.500. The largest absolute Gasteiger partial charge is 0.492 e. The summed E-state index contributed by atoms with van der Waals surface area (Å²) in [4.78, 5) is 2.45. The zero-order chi connectivity index (χ0) is 13.5. The third-order valence-electron chi connectivity index (χ3n) is 3.36. The Morgan fingerprint density at radius 1 is 1.32 bits per heavy atom. The van der Waals surface area contributed by atoms with E-state index in [-0.39, 0.29) is 0 Å². The fourth-order valence-electron chi connectivity index (χ4n) is 2.29. The summed E-state index contributed by atoms with van der Waals surface area (Å²) in [6.45, 7) is 6.26. The van der Waals surface area contributed by atoms with E-state index < -0.39 is 0 Å². The van der Waals surface area contributed by atoms with Crippen LogP contribution in [-0.4, -0.2) is 37.0 Å². The van der Waals surface area contributed by atoms with E-state index in [4.69, 9.17) is 16.3 Å². The Labute approximate surface area is 120 Å². The third kappa shape index (κ3) is 4.45. The van der Waals surface area contributed by atoms with Gasteiger partial charge in [-0.2, -0.15) is 0 Å². The molecule has 3 heteroatoms. The van der Waals surface area contributed by atoms with E-state index >= 15 is 0 Å². The van der Waals surface area contributed by atoms with Gasteiger partial charge in [0.05, 0.1) is 5.88 Å². The number of nitrogens with zero attached hydrogens (tertiary/aromatic N) is 1. The maximum Gasteiger partial charge on any atom is 0.119 e. The van der Waals surface area contributed by atoms with Crippen molar-refractivity contribution in [3.63, 3.8) is 0 Å². The first-order valence-corrected chi connectivity index (χ1v) is 7.33. The lowest BCUT2D eigenvalue weighted by Crippen LogP contribution is -2.25. The molecule has 0 atom stereocenters. The standard InChI is InChI=1S/C16H20ClNO/c1-14-13-16(7-6-15(14)5-4-8-17)19-12-11-18-9-2-3-10-18/h6-7,13H,2-3,8-12H2,1H3. The van der Waals surface area contributed by atoms with Crippen LogP contribution in [0.1, 0.15) is 24.0 Å². The van der Waals surface area contributed by atoms with Crippen molar-refractivity contribution in [3.8, 4) is 17.6 Å². The molecule has 0 aliphatic carbocycles. The van der Waals surface area contributed by atoms with Gasteiger partial charge >= 0.3 is 0 Å². The first-order chi connectivity index (χ1) is 9.29. The summed E-state index contributed by atoms with van der Waals surface area (Å²) >= 11 is 5.56. The molecule has 1 aromatic rings. The summed E-state index contributed by atoms with van der Waals surface area (Å²) in [6.07, 6.45) is 2.65. The SMILES string of the molecule is Cc1cc(OCCN2CCCC2)ccc1C#CCCl. The lowest BCUT2D eigenvalue weighted by Gasteiger charge is -2.15. The first kappa shape index (κ1) is 14.2. The van der Waals surface area contributed by atoms with Gasteiger partial charge in [-0.25, -0.2) is 0 Å². The van der Waals surface area contributed by atoms with E-state index in [1.807, 2.05) is 25.1 Å². The highest BCUT2D eigenvalue weighted by molar-refractivity contribution is 6.19. The Balaban J connectivity index is 1.85. The molecular formula is C16H20ClNO. The van der Waals surface area contributed by atoms with Crippen LogP contribution >= 0.6 is 11.6 Å². The van der Waals surface area contributed by atoms with Crippen LogP contribution in [0.15, 0.2) is 18.2 Å². The molecule has 2 rings (SSSR count). The summed E-state index contributed by atoms with van der Waals surface area (Å²) < 4.78 is 5.79. The van der Waals surface area contributed by atoms with Crippen LogP contribution < -0.4 is 4.74 Å². The number of ether oxygens (including phenoxy) is 1. The average Bonchev–Trinajstić information content (AvgIpc) is 2.91. The van der Waals surface area contributed by atoms with Crippen molar-refractivity contribution >= 4 is 11.6 Å². The topological polar surface area (TPSA) is 12.5 Å². The number of aryl methyl sites for hydroxylation is 1. The molecule has 2 nitrogen and oxygen atoms in total. The van der Waals surface area contributed by atoms with Crippen LogP contribution in [0.25, 0.3) is 0 Å². The van der Waals surface area contributed by atoms with E-state index in [0.717, 1.165) is 30.0 Å². The lowest BCUT2D eigenvalue weighted by atomic mass is 10.1. The molecule has 0 N–H and O–H groups in total. The van der Waals surface area contributed by atoms with Gasteiger partial charge < -0.3 is 4.74 Å². The van der Waals surface area contributed by atoms with Gasteiger partial charge in [0.2, 0.25) is 0 Å². The van der Waals surface area contributed by atoms with Gasteiger partial charge in [-0.3, -0.25) is 4.90 Å². The molecule has 0 amide bonds. The highest BCUT2D eigenvalue weighted by atomic mass is 35.5.